The average molecular weight is 450 g/mol. The van der Waals surface area contributed by atoms with Crippen molar-refractivity contribution in [1.29, 1.82) is 0 Å². The van der Waals surface area contributed by atoms with Gasteiger partial charge in [-0.15, -0.1) is 10.2 Å². The average Bonchev–Trinajstić information content (AvgIpc) is 3.38. The summed E-state index contributed by atoms with van der Waals surface area (Å²) in [6.07, 6.45) is 5.94. The van der Waals surface area contributed by atoms with Crippen LogP contribution in [0.5, 0.6) is 0 Å². The first kappa shape index (κ1) is 18.8. The lowest BCUT2D eigenvalue weighted by molar-refractivity contribution is 0.550. The van der Waals surface area contributed by atoms with E-state index in [0.717, 1.165) is 36.3 Å². The van der Waals surface area contributed by atoms with Gasteiger partial charge in [0.2, 0.25) is 0 Å². The predicted octanol–water partition coefficient (Wildman–Crippen LogP) is 4.27. The standard InChI is InChI=1S/C19H17Cl2N5O2S/c20-13-6-14(21)8-15(7-13)29(27,28)10-11-1-2-12(5-11)19-25-24-17-9-23-18-16(26(17)19)3-4-22-18/h3-4,6-9,11-12,22H,1-2,5,10H2/t11-,12+/m0/s1. The number of H-pyrrole nitrogens is 1. The molecule has 0 aliphatic heterocycles. The number of sulfone groups is 1. The lowest BCUT2D eigenvalue weighted by Gasteiger charge is -2.12. The van der Waals surface area contributed by atoms with Crippen LogP contribution in [0, 0.1) is 5.92 Å². The van der Waals surface area contributed by atoms with E-state index in [2.05, 4.69) is 20.2 Å². The zero-order valence-corrected chi connectivity index (χ0v) is 17.5. The topological polar surface area (TPSA) is 93.0 Å². The number of nitrogens with zero attached hydrogens (tertiary/aromatic N) is 4. The number of fused-ring (bicyclic) bond motifs is 3. The first-order valence-corrected chi connectivity index (χ1v) is 11.7. The molecule has 1 N–H and O–H groups in total. The van der Waals surface area contributed by atoms with Gasteiger partial charge in [0.1, 0.15) is 5.82 Å². The minimum absolute atomic E-state index is 0.0404. The number of aromatic amines is 1. The van der Waals surface area contributed by atoms with Crippen LogP contribution < -0.4 is 0 Å². The Labute approximate surface area is 177 Å². The highest BCUT2D eigenvalue weighted by molar-refractivity contribution is 7.91. The summed E-state index contributed by atoms with van der Waals surface area (Å²) in [4.78, 5) is 7.61. The second-order valence-electron chi connectivity index (χ2n) is 7.48. The predicted molar refractivity (Wildman–Crippen MR) is 111 cm³/mol. The highest BCUT2D eigenvalue weighted by atomic mass is 35.5. The van der Waals surface area contributed by atoms with Gasteiger partial charge >= 0.3 is 0 Å². The Kier molecular flexibility index (Phi) is 4.53. The molecule has 3 aromatic heterocycles. The largest absolute Gasteiger partial charge is 0.345 e. The molecule has 7 nitrogen and oxygen atoms in total. The van der Waals surface area contributed by atoms with Gasteiger partial charge in [0.15, 0.2) is 21.1 Å². The van der Waals surface area contributed by atoms with Crippen molar-refractivity contribution >= 4 is 49.9 Å². The molecule has 1 fully saturated rings. The maximum Gasteiger partial charge on any atom is 0.179 e. The molecule has 1 saturated carbocycles. The van der Waals surface area contributed by atoms with Crippen molar-refractivity contribution in [1.82, 2.24) is 24.6 Å². The van der Waals surface area contributed by atoms with E-state index in [1.54, 1.807) is 6.20 Å². The number of hydrogen-bond acceptors (Lipinski definition) is 5. The molecular weight excluding hydrogens is 433 g/mol. The normalized spacial score (nSPS) is 20.1. The van der Waals surface area contributed by atoms with E-state index in [4.69, 9.17) is 23.2 Å². The minimum Gasteiger partial charge on any atom is -0.345 e. The monoisotopic (exact) mass is 449 g/mol. The third-order valence-electron chi connectivity index (χ3n) is 5.52. The molecule has 1 aliphatic rings. The second kappa shape index (κ2) is 6.97. The number of aromatic nitrogens is 5. The maximum absolute atomic E-state index is 12.9. The van der Waals surface area contributed by atoms with Crippen molar-refractivity contribution in [3.05, 3.63) is 52.5 Å². The molecular formula is C19H17Cl2N5O2S. The molecule has 150 valence electrons. The number of benzene rings is 1. The Morgan fingerprint density at radius 3 is 2.72 bits per heavy atom. The molecule has 1 aromatic carbocycles. The summed E-state index contributed by atoms with van der Waals surface area (Å²) in [7, 11) is -3.48. The number of hydrogen-bond donors (Lipinski definition) is 1. The van der Waals surface area contributed by atoms with Crippen molar-refractivity contribution in [3.8, 4) is 0 Å². The molecule has 2 atom stereocenters. The molecule has 0 unspecified atom stereocenters. The molecule has 3 heterocycles. The Hall–Kier alpha value is -2.16. The third-order valence-corrected chi connectivity index (χ3v) is 7.82. The molecule has 0 amide bonds. The van der Waals surface area contributed by atoms with Crippen LogP contribution in [0.4, 0.5) is 0 Å². The lowest BCUT2D eigenvalue weighted by atomic mass is 10.1. The summed E-state index contributed by atoms with van der Waals surface area (Å²) in [5.41, 5.74) is 2.39. The molecule has 10 heteroatoms. The fraction of sp³-hybridized carbons (Fsp3) is 0.316. The number of halogens is 2. The Morgan fingerprint density at radius 1 is 1.14 bits per heavy atom. The highest BCUT2D eigenvalue weighted by Gasteiger charge is 2.33. The molecule has 4 aromatic rings. The van der Waals surface area contributed by atoms with Crippen molar-refractivity contribution < 1.29 is 8.42 Å². The van der Waals surface area contributed by atoms with E-state index in [9.17, 15) is 8.42 Å². The zero-order valence-electron chi connectivity index (χ0n) is 15.2. The molecule has 0 spiro atoms. The Morgan fingerprint density at radius 2 is 1.93 bits per heavy atom. The summed E-state index contributed by atoms with van der Waals surface area (Å²) in [6, 6.07) is 6.39. The van der Waals surface area contributed by atoms with Crippen LogP contribution in [0.3, 0.4) is 0 Å². The number of nitrogens with one attached hydrogen (secondary N) is 1. The van der Waals surface area contributed by atoms with Gasteiger partial charge in [-0.3, -0.25) is 4.40 Å². The van der Waals surface area contributed by atoms with E-state index < -0.39 is 9.84 Å². The SMILES string of the molecule is O=S(=O)(C[C@H]1CC[C@@H](c2nnc3cnc4[nH]ccc4n23)C1)c1cc(Cl)cc(Cl)c1. The van der Waals surface area contributed by atoms with Crippen molar-refractivity contribution in [2.24, 2.45) is 5.92 Å². The third kappa shape index (κ3) is 3.39. The summed E-state index contributed by atoms with van der Waals surface area (Å²) < 4.78 is 27.8. The van der Waals surface area contributed by atoms with Gasteiger partial charge in [-0.05, 0) is 49.4 Å². The van der Waals surface area contributed by atoms with E-state index in [1.165, 1.54) is 18.2 Å². The van der Waals surface area contributed by atoms with Gasteiger partial charge in [-0.25, -0.2) is 13.4 Å². The van der Waals surface area contributed by atoms with Crippen LogP contribution in [-0.2, 0) is 9.84 Å². The van der Waals surface area contributed by atoms with Crippen LogP contribution >= 0.6 is 23.2 Å². The van der Waals surface area contributed by atoms with Gasteiger partial charge in [0, 0.05) is 22.2 Å². The van der Waals surface area contributed by atoms with Crippen LogP contribution in [0.2, 0.25) is 10.0 Å². The zero-order chi connectivity index (χ0) is 20.2. The maximum atomic E-state index is 12.9. The molecule has 5 rings (SSSR count). The summed E-state index contributed by atoms with van der Waals surface area (Å²) in [5, 5.41) is 9.28. The molecule has 0 saturated heterocycles. The van der Waals surface area contributed by atoms with E-state index in [0.29, 0.717) is 15.7 Å². The fourth-order valence-corrected chi connectivity index (χ4v) is 6.62. The van der Waals surface area contributed by atoms with Crippen molar-refractivity contribution in [3.63, 3.8) is 0 Å². The summed E-state index contributed by atoms with van der Waals surface area (Å²) in [5.74, 6) is 1.11. The molecule has 0 bridgehead atoms. The van der Waals surface area contributed by atoms with E-state index >= 15 is 0 Å². The van der Waals surface area contributed by atoms with Crippen LogP contribution in [0.1, 0.15) is 31.0 Å². The van der Waals surface area contributed by atoms with Crippen LogP contribution in [0.15, 0.2) is 41.6 Å². The van der Waals surface area contributed by atoms with Gasteiger partial charge in [0.05, 0.1) is 22.4 Å². The first-order chi connectivity index (χ1) is 13.9. The summed E-state index contributed by atoms with van der Waals surface area (Å²) >= 11 is 12.0. The Bertz CT molecular complexity index is 1310. The van der Waals surface area contributed by atoms with Gasteiger partial charge in [-0.1, -0.05) is 23.2 Å². The quantitative estimate of drug-likeness (QED) is 0.501. The van der Waals surface area contributed by atoms with Crippen molar-refractivity contribution in [2.45, 2.75) is 30.1 Å². The Balaban J connectivity index is 1.41. The lowest BCUT2D eigenvalue weighted by Crippen LogP contribution is -2.15. The summed E-state index contributed by atoms with van der Waals surface area (Å²) in [6.45, 7) is 0. The molecule has 29 heavy (non-hydrogen) atoms. The van der Waals surface area contributed by atoms with E-state index in [-0.39, 0.29) is 22.5 Å². The minimum atomic E-state index is -3.48. The van der Waals surface area contributed by atoms with Gasteiger partial charge in [0.25, 0.3) is 0 Å². The second-order valence-corrected chi connectivity index (χ2v) is 10.4. The van der Waals surface area contributed by atoms with Gasteiger partial charge in [-0.2, -0.15) is 0 Å². The first-order valence-electron chi connectivity index (χ1n) is 9.27. The smallest absolute Gasteiger partial charge is 0.179 e. The highest BCUT2D eigenvalue weighted by Crippen LogP contribution is 2.39. The fourth-order valence-electron chi connectivity index (χ4n) is 4.24. The van der Waals surface area contributed by atoms with Gasteiger partial charge < -0.3 is 4.98 Å². The number of rotatable bonds is 4. The van der Waals surface area contributed by atoms with E-state index in [1.807, 2.05) is 16.7 Å². The molecule has 0 radical (unpaired) electrons. The van der Waals surface area contributed by atoms with Crippen LogP contribution in [-0.4, -0.2) is 38.7 Å². The van der Waals surface area contributed by atoms with Crippen LogP contribution in [0.25, 0.3) is 16.8 Å². The van der Waals surface area contributed by atoms with Crippen molar-refractivity contribution in [2.75, 3.05) is 5.75 Å². The molecule has 1 aliphatic carbocycles.